The second kappa shape index (κ2) is 9.19. The molecule has 3 aromatic rings. The van der Waals surface area contributed by atoms with Crippen molar-refractivity contribution >= 4 is 16.3 Å². The molecular weight excluding hydrogens is 318 g/mol. The van der Waals surface area contributed by atoms with E-state index in [-0.39, 0.29) is 0 Å². The predicted molar refractivity (Wildman–Crippen MR) is 113 cm³/mol. The molecule has 0 aliphatic heterocycles. The summed E-state index contributed by atoms with van der Waals surface area (Å²) in [7, 11) is 0. The van der Waals surface area contributed by atoms with E-state index in [1.807, 2.05) is 43.3 Å². The van der Waals surface area contributed by atoms with Gasteiger partial charge in [0.25, 0.3) is 0 Å². The van der Waals surface area contributed by atoms with E-state index in [0.29, 0.717) is 0 Å². The van der Waals surface area contributed by atoms with Gasteiger partial charge in [-0.1, -0.05) is 58.0 Å². The first-order chi connectivity index (χ1) is 12.5. The van der Waals surface area contributed by atoms with Crippen molar-refractivity contribution in [2.24, 2.45) is 0 Å². The predicted octanol–water partition coefficient (Wildman–Crippen LogP) is 7.35. The molecule has 0 amide bonds. The molecule has 0 N–H and O–H groups in total. The van der Waals surface area contributed by atoms with Crippen LogP contribution in [0.5, 0.6) is 11.5 Å². The highest BCUT2D eigenvalue weighted by Crippen LogP contribution is 2.31. The lowest BCUT2D eigenvalue weighted by Gasteiger charge is -2.14. The standard InChI is InChI=1S/C21H21NO.C3H8/c1-5-20-19-13-17(23-16-9-7-6-8-10-16)11-12-18(19)15(4)21(22-20)14(2)3;1-3-2/h6-13H,2,5H2,1,3-4H3;3H2,1-2H3. The van der Waals surface area contributed by atoms with Gasteiger partial charge in [-0.25, -0.2) is 0 Å². The lowest BCUT2D eigenvalue weighted by molar-refractivity contribution is 0.483. The van der Waals surface area contributed by atoms with Gasteiger partial charge in [-0.05, 0) is 61.1 Å². The van der Waals surface area contributed by atoms with Gasteiger partial charge in [0.1, 0.15) is 11.5 Å². The van der Waals surface area contributed by atoms with Gasteiger partial charge in [-0.15, -0.1) is 0 Å². The van der Waals surface area contributed by atoms with Crippen molar-refractivity contribution in [1.82, 2.24) is 4.98 Å². The molecule has 0 saturated carbocycles. The maximum Gasteiger partial charge on any atom is 0.128 e. The fraction of sp³-hybridized carbons (Fsp3) is 0.292. The first-order valence-electron chi connectivity index (χ1n) is 9.33. The van der Waals surface area contributed by atoms with Crippen LogP contribution in [0.1, 0.15) is 51.1 Å². The molecule has 0 spiro atoms. The normalized spacial score (nSPS) is 10.2. The summed E-state index contributed by atoms with van der Waals surface area (Å²) in [6.45, 7) is 14.5. The summed E-state index contributed by atoms with van der Waals surface area (Å²) in [5.41, 5.74) is 4.27. The smallest absolute Gasteiger partial charge is 0.128 e. The first kappa shape index (κ1) is 19.7. The Hall–Kier alpha value is -2.61. The van der Waals surface area contributed by atoms with Gasteiger partial charge >= 0.3 is 0 Å². The maximum atomic E-state index is 5.96. The Labute approximate surface area is 157 Å². The number of para-hydroxylation sites is 1. The Kier molecular flexibility index (Phi) is 6.97. The third-order valence-electron chi connectivity index (χ3n) is 4.03. The monoisotopic (exact) mass is 347 g/mol. The third kappa shape index (κ3) is 4.51. The fourth-order valence-electron chi connectivity index (χ4n) is 2.87. The molecule has 1 aromatic heterocycles. The molecule has 26 heavy (non-hydrogen) atoms. The second-order valence-electron chi connectivity index (χ2n) is 6.50. The molecule has 3 rings (SSSR count). The Morgan fingerprint density at radius 3 is 2.19 bits per heavy atom. The number of allylic oxidation sites excluding steroid dienone is 1. The Morgan fingerprint density at radius 1 is 0.962 bits per heavy atom. The summed E-state index contributed by atoms with van der Waals surface area (Å²) in [5, 5.41) is 2.37. The van der Waals surface area contributed by atoms with Crippen LogP contribution in [0.4, 0.5) is 0 Å². The van der Waals surface area contributed by atoms with Crippen molar-refractivity contribution in [3.05, 3.63) is 72.1 Å². The van der Waals surface area contributed by atoms with E-state index < -0.39 is 0 Å². The van der Waals surface area contributed by atoms with Gasteiger partial charge in [0.15, 0.2) is 0 Å². The zero-order valence-electron chi connectivity index (χ0n) is 16.6. The highest BCUT2D eigenvalue weighted by molar-refractivity contribution is 5.91. The van der Waals surface area contributed by atoms with E-state index in [0.717, 1.165) is 40.3 Å². The highest BCUT2D eigenvalue weighted by Gasteiger charge is 2.11. The zero-order valence-corrected chi connectivity index (χ0v) is 16.6. The molecule has 2 aromatic carbocycles. The zero-order chi connectivity index (χ0) is 19.1. The molecule has 0 bridgehead atoms. The average molecular weight is 348 g/mol. The van der Waals surface area contributed by atoms with Crippen molar-refractivity contribution in [3.8, 4) is 11.5 Å². The van der Waals surface area contributed by atoms with Gasteiger partial charge in [-0.3, -0.25) is 4.98 Å². The minimum Gasteiger partial charge on any atom is -0.457 e. The van der Waals surface area contributed by atoms with Crippen LogP contribution in [0.2, 0.25) is 0 Å². The van der Waals surface area contributed by atoms with E-state index >= 15 is 0 Å². The highest BCUT2D eigenvalue weighted by atomic mass is 16.5. The molecule has 0 saturated heterocycles. The molecule has 1 heterocycles. The number of aromatic nitrogens is 1. The number of aryl methyl sites for hydroxylation is 2. The average Bonchev–Trinajstić information content (AvgIpc) is 2.63. The van der Waals surface area contributed by atoms with Gasteiger partial charge in [0.2, 0.25) is 0 Å². The minimum atomic E-state index is 0.836. The molecule has 0 atom stereocenters. The summed E-state index contributed by atoms with van der Waals surface area (Å²) in [6.07, 6.45) is 2.13. The number of ether oxygens (including phenoxy) is 1. The van der Waals surface area contributed by atoms with Crippen LogP contribution in [0.3, 0.4) is 0 Å². The van der Waals surface area contributed by atoms with Gasteiger partial charge < -0.3 is 4.74 Å². The largest absolute Gasteiger partial charge is 0.457 e. The molecule has 0 unspecified atom stereocenters. The first-order valence-corrected chi connectivity index (χ1v) is 9.33. The van der Waals surface area contributed by atoms with Crippen LogP contribution in [0.15, 0.2) is 55.1 Å². The molecule has 0 fully saturated rings. The number of hydrogen-bond acceptors (Lipinski definition) is 2. The number of rotatable bonds is 4. The van der Waals surface area contributed by atoms with E-state index in [2.05, 4.69) is 46.4 Å². The third-order valence-corrected chi connectivity index (χ3v) is 4.03. The van der Waals surface area contributed by atoms with Gasteiger partial charge in [-0.2, -0.15) is 0 Å². The van der Waals surface area contributed by atoms with Crippen molar-refractivity contribution in [1.29, 1.82) is 0 Å². The van der Waals surface area contributed by atoms with Crippen molar-refractivity contribution in [2.75, 3.05) is 0 Å². The Bertz CT molecular complexity index is 882. The molecule has 136 valence electrons. The van der Waals surface area contributed by atoms with Gasteiger partial charge in [0, 0.05) is 11.1 Å². The number of pyridine rings is 1. The summed E-state index contributed by atoms with van der Waals surface area (Å²) in [5.74, 6) is 1.68. The summed E-state index contributed by atoms with van der Waals surface area (Å²) in [4.78, 5) is 4.81. The van der Waals surface area contributed by atoms with Crippen LogP contribution in [-0.2, 0) is 6.42 Å². The molecule has 2 heteroatoms. The molecule has 0 aliphatic rings. The van der Waals surface area contributed by atoms with Crippen molar-refractivity contribution in [2.45, 2.75) is 47.5 Å². The molecular formula is C24H29NO. The van der Waals surface area contributed by atoms with Crippen LogP contribution in [0.25, 0.3) is 16.3 Å². The van der Waals surface area contributed by atoms with Crippen LogP contribution in [-0.4, -0.2) is 4.98 Å². The summed E-state index contributed by atoms with van der Waals surface area (Å²) < 4.78 is 5.96. The topological polar surface area (TPSA) is 22.1 Å². The van der Waals surface area contributed by atoms with Gasteiger partial charge in [0.05, 0.1) is 5.69 Å². The number of fused-ring (bicyclic) bond motifs is 1. The number of hydrogen-bond donors (Lipinski definition) is 0. The molecule has 0 radical (unpaired) electrons. The van der Waals surface area contributed by atoms with Crippen molar-refractivity contribution in [3.63, 3.8) is 0 Å². The number of nitrogens with zero attached hydrogens (tertiary/aromatic N) is 1. The second-order valence-corrected chi connectivity index (χ2v) is 6.50. The maximum absolute atomic E-state index is 5.96. The quantitative estimate of drug-likeness (QED) is 0.492. The summed E-state index contributed by atoms with van der Waals surface area (Å²) in [6, 6.07) is 16.1. The van der Waals surface area contributed by atoms with E-state index in [4.69, 9.17) is 9.72 Å². The van der Waals surface area contributed by atoms with Crippen LogP contribution in [0, 0.1) is 6.92 Å². The Morgan fingerprint density at radius 2 is 1.62 bits per heavy atom. The van der Waals surface area contributed by atoms with E-state index in [1.54, 1.807) is 0 Å². The lowest BCUT2D eigenvalue weighted by Crippen LogP contribution is -1.99. The van der Waals surface area contributed by atoms with E-state index in [9.17, 15) is 0 Å². The minimum absolute atomic E-state index is 0.836. The lowest BCUT2D eigenvalue weighted by atomic mass is 9.99. The summed E-state index contributed by atoms with van der Waals surface area (Å²) >= 11 is 0. The van der Waals surface area contributed by atoms with Crippen LogP contribution < -0.4 is 4.74 Å². The SMILES string of the molecule is C=C(C)c1nc(CC)c2cc(Oc3ccccc3)ccc2c1C.CCC. The number of benzene rings is 2. The fourth-order valence-corrected chi connectivity index (χ4v) is 2.87. The van der Waals surface area contributed by atoms with Crippen molar-refractivity contribution < 1.29 is 4.74 Å². The molecule has 2 nitrogen and oxygen atoms in total. The van der Waals surface area contributed by atoms with E-state index in [1.165, 1.54) is 17.4 Å². The molecule has 0 aliphatic carbocycles. The Balaban J connectivity index is 0.000000758. The van der Waals surface area contributed by atoms with Crippen LogP contribution >= 0.6 is 0 Å².